The van der Waals surface area contributed by atoms with Crippen molar-refractivity contribution in [2.24, 2.45) is 0 Å². The fourth-order valence-electron chi connectivity index (χ4n) is 1.73. The zero-order valence-corrected chi connectivity index (χ0v) is 11.6. The minimum atomic E-state index is -0.570. The molecule has 0 unspecified atom stereocenters. The van der Waals surface area contributed by atoms with Crippen LogP contribution >= 0.6 is 11.6 Å². The van der Waals surface area contributed by atoms with Crippen molar-refractivity contribution >= 4 is 17.6 Å². The van der Waals surface area contributed by atoms with Gasteiger partial charge in [-0.2, -0.15) is 0 Å². The average Bonchev–Trinajstić information content (AvgIpc) is 3.00. The van der Waals surface area contributed by atoms with Crippen molar-refractivity contribution in [3.05, 3.63) is 71.5 Å². The molecule has 1 heterocycles. The monoisotopic (exact) mass is 299 g/mol. The highest BCUT2D eigenvalue weighted by Gasteiger charge is 2.14. The summed E-state index contributed by atoms with van der Waals surface area (Å²) in [6.45, 7) is 0. The summed E-state index contributed by atoms with van der Waals surface area (Å²) in [5, 5.41) is 8.30. The van der Waals surface area contributed by atoms with Crippen LogP contribution in [0.25, 0.3) is 5.69 Å². The molecule has 104 valence electrons. The van der Waals surface area contributed by atoms with Gasteiger partial charge in [-0.1, -0.05) is 35.0 Å². The SMILES string of the molecule is O=C(Oc1ccc(Cl)cc1)c1cn(-c2ccccc2)nn1. The van der Waals surface area contributed by atoms with E-state index < -0.39 is 5.97 Å². The van der Waals surface area contributed by atoms with Gasteiger partial charge in [0.1, 0.15) is 5.75 Å². The van der Waals surface area contributed by atoms with Gasteiger partial charge < -0.3 is 4.74 Å². The topological polar surface area (TPSA) is 57.0 Å². The number of carbonyl (C=O) groups excluding carboxylic acids is 1. The van der Waals surface area contributed by atoms with Crippen LogP contribution < -0.4 is 4.74 Å². The van der Waals surface area contributed by atoms with Gasteiger partial charge in [-0.15, -0.1) is 5.10 Å². The fraction of sp³-hybridized carbons (Fsp3) is 0. The maximum Gasteiger partial charge on any atom is 0.365 e. The van der Waals surface area contributed by atoms with Crippen LogP contribution in [0.2, 0.25) is 5.02 Å². The van der Waals surface area contributed by atoms with E-state index in [-0.39, 0.29) is 5.69 Å². The lowest BCUT2D eigenvalue weighted by molar-refractivity contribution is 0.0728. The van der Waals surface area contributed by atoms with Crippen molar-refractivity contribution < 1.29 is 9.53 Å². The van der Waals surface area contributed by atoms with E-state index in [1.165, 1.54) is 10.9 Å². The summed E-state index contributed by atoms with van der Waals surface area (Å²) in [7, 11) is 0. The first kappa shape index (κ1) is 13.3. The second kappa shape index (κ2) is 5.76. The number of hydrogen-bond acceptors (Lipinski definition) is 4. The Balaban J connectivity index is 1.77. The number of hydrogen-bond donors (Lipinski definition) is 0. The second-order valence-corrected chi connectivity index (χ2v) is 4.66. The maximum absolute atomic E-state index is 12.0. The van der Waals surface area contributed by atoms with Gasteiger partial charge in [-0.25, -0.2) is 9.48 Å². The number of halogens is 1. The van der Waals surface area contributed by atoms with E-state index in [1.807, 2.05) is 30.3 Å². The van der Waals surface area contributed by atoms with Crippen LogP contribution in [0, 0.1) is 0 Å². The summed E-state index contributed by atoms with van der Waals surface area (Å²) in [5.41, 5.74) is 0.948. The summed E-state index contributed by atoms with van der Waals surface area (Å²) in [6, 6.07) is 15.9. The molecule has 0 saturated heterocycles. The highest BCUT2D eigenvalue weighted by molar-refractivity contribution is 6.30. The summed E-state index contributed by atoms with van der Waals surface area (Å²) in [5.74, 6) is -0.168. The Morgan fingerprint density at radius 1 is 1.05 bits per heavy atom. The quantitative estimate of drug-likeness (QED) is 0.551. The minimum Gasteiger partial charge on any atom is -0.422 e. The zero-order chi connectivity index (χ0) is 14.7. The van der Waals surface area contributed by atoms with Gasteiger partial charge in [-0.05, 0) is 36.4 Å². The Labute approximate surface area is 125 Å². The molecule has 3 rings (SSSR count). The third kappa shape index (κ3) is 3.09. The van der Waals surface area contributed by atoms with Crippen LogP contribution in [0.4, 0.5) is 0 Å². The molecule has 5 nitrogen and oxygen atoms in total. The Hall–Kier alpha value is -2.66. The lowest BCUT2D eigenvalue weighted by Crippen LogP contribution is -2.08. The maximum atomic E-state index is 12.0. The Kier molecular flexibility index (Phi) is 3.66. The number of esters is 1. The van der Waals surface area contributed by atoms with Crippen LogP contribution in [0.3, 0.4) is 0 Å². The molecule has 0 amide bonds. The first-order valence-electron chi connectivity index (χ1n) is 6.18. The lowest BCUT2D eigenvalue weighted by Gasteiger charge is -2.01. The highest BCUT2D eigenvalue weighted by atomic mass is 35.5. The van der Waals surface area contributed by atoms with Gasteiger partial charge >= 0.3 is 5.97 Å². The Morgan fingerprint density at radius 2 is 1.76 bits per heavy atom. The molecule has 0 aliphatic heterocycles. The molecule has 0 bridgehead atoms. The molecule has 2 aromatic carbocycles. The molecular weight excluding hydrogens is 290 g/mol. The molecular formula is C15H10ClN3O2. The Bertz CT molecular complexity index is 754. The first-order valence-corrected chi connectivity index (χ1v) is 6.56. The van der Waals surface area contributed by atoms with Crippen LogP contribution in [-0.4, -0.2) is 21.0 Å². The number of para-hydroxylation sites is 1. The predicted octanol–water partition coefficient (Wildman–Crippen LogP) is 3.14. The first-order chi connectivity index (χ1) is 10.2. The fourth-order valence-corrected chi connectivity index (χ4v) is 1.85. The molecule has 0 atom stereocenters. The third-order valence-electron chi connectivity index (χ3n) is 2.75. The van der Waals surface area contributed by atoms with Gasteiger partial charge in [0, 0.05) is 5.02 Å². The van der Waals surface area contributed by atoms with E-state index in [4.69, 9.17) is 16.3 Å². The van der Waals surface area contributed by atoms with E-state index in [0.29, 0.717) is 10.8 Å². The van der Waals surface area contributed by atoms with E-state index in [0.717, 1.165) is 5.69 Å². The van der Waals surface area contributed by atoms with E-state index in [2.05, 4.69) is 10.3 Å². The van der Waals surface area contributed by atoms with Crippen molar-refractivity contribution in [3.63, 3.8) is 0 Å². The number of benzene rings is 2. The molecule has 0 aliphatic rings. The number of rotatable bonds is 3. The van der Waals surface area contributed by atoms with Gasteiger partial charge in [0.25, 0.3) is 0 Å². The van der Waals surface area contributed by atoms with Gasteiger partial charge in [-0.3, -0.25) is 0 Å². The summed E-state index contributed by atoms with van der Waals surface area (Å²) in [4.78, 5) is 12.0. The summed E-state index contributed by atoms with van der Waals surface area (Å²) < 4.78 is 6.70. The molecule has 1 aromatic heterocycles. The van der Waals surface area contributed by atoms with E-state index in [1.54, 1.807) is 24.3 Å². The summed E-state index contributed by atoms with van der Waals surface area (Å²) >= 11 is 5.77. The molecule has 0 N–H and O–H groups in total. The zero-order valence-electron chi connectivity index (χ0n) is 10.8. The lowest BCUT2D eigenvalue weighted by atomic mass is 10.3. The molecule has 0 fully saturated rings. The van der Waals surface area contributed by atoms with Crippen molar-refractivity contribution in [1.29, 1.82) is 0 Å². The standard InChI is InChI=1S/C15H10ClN3O2/c16-11-6-8-13(9-7-11)21-15(20)14-10-19(18-17-14)12-4-2-1-3-5-12/h1-10H. The molecule has 6 heteroatoms. The number of aromatic nitrogens is 3. The predicted molar refractivity (Wildman–Crippen MR) is 77.8 cm³/mol. The number of nitrogens with zero attached hydrogens (tertiary/aromatic N) is 3. The van der Waals surface area contributed by atoms with Crippen LogP contribution in [-0.2, 0) is 0 Å². The molecule has 3 aromatic rings. The number of ether oxygens (including phenoxy) is 1. The van der Waals surface area contributed by atoms with Crippen molar-refractivity contribution in [1.82, 2.24) is 15.0 Å². The van der Waals surface area contributed by atoms with Crippen molar-refractivity contribution in [3.8, 4) is 11.4 Å². The Morgan fingerprint density at radius 3 is 2.48 bits per heavy atom. The van der Waals surface area contributed by atoms with Gasteiger partial charge in [0.15, 0.2) is 5.69 Å². The second-order valence-electron chi connectivity index (χ2n) is 4.23. The van der Waals surface area contributed by atoms with Gasteiger partial charge in [0.2, 0.25) is 0 Å². The highest BCUT2D eigenvalue weighted by Crippen LogP contribution is 2.16. The molecule has 0 aliphatic carbocycles. The summed E-state index contributed by atoms with van der Waals surface area (Å²) in [6.07, 6.45) is 1.52. The van der Waals surface area contributed by atoms with Crippen LogP contribution in [0.1, 0.15) is 10.5 Å². The van der Waals surface area contributed by atoms with E-state index >= 15 is 0 Å². The van der Waals surface area contributed by atoms with Crippen LogP contribution in [0.5, 0.6) is 5.75 Å². The molecule has 0 radical (unpaired) electrons. The van der Waals surface area contributed by atoms with Gasteiger partial charge in [0.05, 0.1) is 11.9 Å². The van der Waals surface area contributed by atoms with E-state index in [9.17, 15) is 4.79 Å². The smallest absolute Gasteiger partial charge is 0.365 e. The molecule has 21 heavy (non-hydrogen) atoms. The van der Waals surface area contributed by atoms with Crippen molar-refractivity contribution in [2.45, 2.75) is 0 Å². The molecule has 0 spiro atoms. The molecule has 0 saturated carbocycles. The number of carbonyl (C=O) groups is 1. The largest absolute Gasteiger partial charge is 0.422 e. The average molecular weight is 300 g/mol. The minimum absolute atomic E-state index is 0.133. The van der Waals surface area contributed by atoms with Crippen molar-refractivity contribution in [2.75, 3.05) is 0 Å². The van der Waals surface area contributed by atoms with Crippen LogP contribution in [0.15, 0.2) is 60.8 Å². The normalized spacial score (nSPS) is 10.3. The third-order valence-corrected chi connectivity index (χ3v) is 3.00.